The minimum Gasteiger partial charge on any atom is -0.353 e. The van der Waals surface area contributed by atoms with Crippen LogP contribution in [0.5, 0.6) is 0 Å². The summed E-state index contributed by atoms with van der Waals surface area (Å²) in [6.45, 7) is 5.86. The standard InChI is InChI=1S/C14H19N5S/c1-11(15)12-3-2-4-16-13(12)18-6-8-19(9-7-18)14-17-5-10-20-14/h2-5,10-11H,6-9,15H2,1H3. The Bertz CT molecular complexity index is 546. The highest BCUT2D eigenvalue weighted by Gasteiger charge is 2.22. The summed E-state index contributed by atoms with van der Waals surface area (Å²) in [5, 5.41) is 3.13. The van der Waals surface area contributed by atoms with Gasteiger partial charge in [-0.1, -0.05) is 6.07 Å². The van der Waals surface area contributed by atoms with Gasteiger partial charge in [0, 0.05) is 55.6 Å². The lowest BCUT2D eigenvalue weighted by Gasteiger charge is -2.36. The van der Waals surface area contributed by atoms with Crippen LogP contribution in [0.4, 0.5) is 10.9 Å². The molecular weight excluding hydrogens is 270 g/mol. The number of thiazole rings is 1. The zero-order valence-electron chi connectivity index (χ0n) is 11.6. The van der Waals surface area contributed by atoms with Crippen LogP contribution in [0.2, 0.25) is 0 Å². The van der Waals surface area contributed by atoms with E-state index in [2.05, 4.69) is 25.8 Å². The fourth-order valence-corrected chi connectivity index (χ4v) is 3.21. The number of pyridine rings is 1. The normalized spacial score (nSPS) is 17.3. The van der Waals surface area contributed by atoms with E-state index in [9.17, 15) is 0 Å². The van der Waals surface area contributed by atoms with Crippen molar-refractivity contribution in [2.45, 2.75) is 13.0 Å². The highest BCUT2D eigenvalue weighted by Crippen LogP contribution is 2.25. The maximum Gasteiger partial charge on any atom is 0.185 e. The quantitative estimate of drug-likeness (QED) is 0.935. The Morgan fingerprint density at radius 3 is 2.55 bits per heavy atom. The molecule has 20 heavy (non-hydrogen) atoms. The second-order valence-electron chi connectivity index (χ2n) is 4.99. The molecule has 2 aromatic heterocycles. The minimum atomic E-state index is 0.00990. The van der Waals surface area contributed by atoms with Crippen molar-refractivity contribution in [3.8, 4) is 0 Å². The number of nitrogens with zero attached hydrogens (tertiary/aromatic N) is 4. The fourth-order valence-electron chi connectivity index (χ4n) is 2.51. The van der Waals surface area contributed by atoms with Crippen LogP contribution in [0.15, 0.2) is 29.9 Å². The van der Waals surface area contributed by atoms with Crippen LogP contribution in [0, 0.1) is 0 Å². The summed E-state index contributed by atoms with van der Waals surface area (Å²) in [5.74, 6) is 1.03. The van der Waals surface area contributed by atoms with Crippen molar-refractivity contribution < 1.29 is 0 Å². The number of piperazine rings is 1. The average Bonchev–Trinajstić information content (AvgIpc) is 3.02. The molecule has 1 fully saturated rings. The Morgan fingerprint density at radius 2 is 1.90 bits per heavy atom. The minimum absolute atomic E-state index is 0.00990. The molecule has 0 spiro atoms. The molecule has 0 saturated carbocycles. The van der Waals surface area contributed by atoms with Gasteiger partial charge in [0.15, 0.2) is 5.13 Å². The highest BCUT2D eigenvalue weighted by molar-refractivity contribution is 7.13. The van der Waals surface area contributed by atoms with Gasteiger partial charge in [-0.3, -0.25) is 0 Å². The SMILES string of the molecule is CC(N)c1cccnc1N1CCN(c2nccs2)CC1. The van der Waals surface area contributed by atoms with E-state index < -0.39 is 0 Å². The molecule has 1 saturated heterocycles. The number of anilines is 2. The molecule has 0 aromatic carbocycles. The van der Waals surface area contributed by atoms with Crippen LogP contribution >= 0.6 is 11.3 Å². The summed E-state index contributed by atoms with van der Waals surface area (Å²) < 4.78 is 0. The molecule has 1 atom stereocenters. The zero-order chi connectivity index (χ0) is 13.9. The first-order chi connectivity index (χ1) is 9.75. The highest BCUT2D eigenvalue weighted by atomic mass is 32.1. The Balaban J connectivity index is 1.72. The van der Waals surface area contributed by atoms with Crippen LogP contribution in [0.1, 0.15) is 18.5 Å². The summed E-state index contributed by atoms with van der Waals surface area (Å²) in [4.78, 5) is 13.6. The van der Waals surface area contributed by atoms with Crippen LogP contribution in [-0.4, -0.2) is 36.1 Å². The first-order valence-electron chi connectivity index (χ1n) is 6.85. The number of rotatable bonds is 3. The van der Waals surface area contributed by atoms with Gasteiger partial charge in [-0.25, -0.2) is 9.97 Å². The summed E-state index contributed by atoms with van der Waals surface area (Å²) >= 11 is 1.70. The molecular formula is C14H19N5S. The van der Waals surface area contributed by atoms with Crippen molar-refractivity contribution in [2.24, 2.45) is 5.73 Å². The summed E-state index contributed by atoms with van der Waals surface area (Å²) in [6.07, 6.45) is 3.70. The van der Waals surface area contributed by atoms with Gasteiger partial charge in [0.2, 0.25) is 0 Å². The predicted molar refractivity (Wildman–Crippen MR) is 83.4 cm³/mol. The van der Waals surface area contributed by atoms with E-state index in [0.29, 0.717) is 0 Å². The van der Waals surface area contributed by atoms with Gasteiger partial charge in [-0.05, 0) is 13.0 Å². The van der Waals surface area contributed by atoms with Crippen LogP contribution in [-0.2, 0) is 0 Å². The third kappa shape index (κ3) is 2.62. The summed E-state index contributed by atoms with van der Waals surface area (Å²) in [7, 11) is 0. The maximum absolute atomic E-state index is 6.04. The lowest BCUT2D eigenvalue weighted by Crippen LogP contribution is -2.47. The van der Waals surface area contributed by atoms with Crippen molar-refractivity contribution >= 4 is 22.3 Å². The molecule has 5 nitrogen and oxygen atoms in total. The topological polar surface area (TPSA) is 58.3 Å². The zero-order valence-corrected chi connectivity index (χ0v) is 12.4. The van der Waals surface area contributed by atoms with E-state index >= 15 is 0 Å². The van der Waals surface area contributed by atoms with Gasteiger partial charge < -0.3 is 15.5 Å². The molecule has 1 aliphatic rings. The molecule has 1 unspecified atom stereocenters. The summed E-state index contributed by atoms with van der Waals surface area (Å²) in [5.41, 5.74) is 7.16. The van der Waals surface area contributed by atoms with Crippen molar-refractivity contribution in [3.63, 3.8) is 0 Å². The van der Waals surface area contributed by atoms with E-state index in [0.717, 1.165) is 42.7 Å². The van der Waals surface area contributed by atoms with Crippen LogP contribution < -0.4 is 15.5 Å². The number of hydrogen-bond acceptors (Lipinski definition) is 6. The van der Waals surface area contributed by atoms with Gasteiger partial charge in [0.05, 0.1) is 0 Å². The van der Waals surface area contributed by atoms with E-state index in [-0.39, 0.29) is 6.04 Å². The molecule has 106 valence electrons. The first-order valence-corrected chi connectivity index (χ1v) is 7.73. The third-order valence-corrected chi connectivity index (χ3v) is 4.41. The summed E-state index contributed by atoms with van der Waals surface area (Å²) in [6, 6.07) is 4.03. The maximum atomic E-state index is 6.04. The van der Waals surface area contributed by atoms with Crippen molar-refractivity contribution in [1.29, 1.82) is 0 Å². The number of aromatic nitrogens is 2. The Morgan fingerprint density at radius 1 is 1.15 bits per heavy atom. The van der Waals surface area contributed by atoms with E-state index in [4.69, 9.17) is 5.73 Å². The molecule has 0 bridgehead atoms. The van der Waals surface area contributed by atoms with Crippen LogP contribution in [0.3, 0.4) is 0 Å². The molecule has 0 radical (unpaired) electrons. The molecule has 6 heteroatoms. The smallest absolute Gasteiger partial charge is 0.185 e. The van der Waals surface area contributed by atoms with Crippen molar-refractivity contribution in [2.75, 3.05) is 36.0 Å². The van der Waals surface area contributed by atoms with E-state index in [1.165, 1.54) is 0 Å². The van der Waals surface area contributed by atoms with Crippen molar-refractivity contribution in [1.82, 2.24) is 9.97 Å². The second kappa shape index (κ2) is 5.76. The van der Waals surface area contributed by atoms with Gasteiger partial charge in [-0.2, -0.15) is 0 Å². The van der Waals surface area contributed by atoms with Gasteiger partial charge in [-0.15, -0.1) is 11.3 Å². The van der Waals surface area contributed by atoms with Gasteiger partial charge in [0.1, 0.15) is 5.82 Å². The average molecular weight is 289 g/mol. The second-order valence-corrected chi connectivity index (χ2v) is 5.87. The number of hydrogen-bond donors (Lipinski definition) is 1. The van der Waals surface area contributed by atoms with Crippen molar-refractivity contribution in [3.05, 3.63) is 35.5 Å². The lowest BCUT2D eigenvalue weighted by atomic mass is 10.1. The number of nitrogens with two attached hydrogens (primary N) is 1. The first kappa shape index (κ1) is 13.3. The van der Waals surface area contributed by atoms with E-state index in [1.807, 2.05) is 30.8 Å². The molecule has 2 aromatic rings. The Hall–Kier alpha value is -1.66. The Labute approximate surface area is 123 Å². The molecule has 3 rings (SSSR count). The monoisotopic (exact) mass is 289 g/mol. The molecule has 1 aliphatic heterocycles. The van der Waals surface area contributed by atoms with Crippen LogP contribution in [0.25, 0.3) is 0 Å². The predicted octanol–water partition coefficient (Wildman–Crippen LogP) is 1.88. The molecule has 0 amide bonds. The Kier molecular flexibility index (Phi) is 3.84. The van der Waals surface area contributed by atoms with Gasteiger partial charge in [0.25, 0.3) is 0 Å². The largest absolute Gasteiger partial charge is 0.353 e. The molecule has 3 heterocycles. The fraction of sp³-hybridized carbons (Fsp3) is 0.429. The van der Waals surface area contributed by atoms with E-state index in [1.54, 1.807) is 11.3 Å². The lowest BCUT2D eigenvalue weighted by molar-refractivity contribution is 0.639. The van der Waals surface area contributed by atoms with Gasteiger partial charge >= 0.3 is 0 Å². The molecule has 2 N–H and O–H groups in total. The third-order valence-electron chi connectivity index (χ3n) is 3.58. The molecule has 0 aliphatic carbocycles.